The van der Waals surface area contributed by atoms with Crippen molar-refractivity contribution in [1.29, 1.82) is 0 Å². The monoisotopic (exact) mass is 408 g/mol. The molecule has 0 N–H and O–H groups in total. The average molecular weight is 409 g/mol. The highest BCUT2D eigenvalue weighted by Crippen LogP contribution is 2.21. The van der Waals surface area contributed by atoms with E-state index in [1.54, 1.807) is 0 Å². The van der Waals surface area contributed by atoms with Crippen LogP contribution in [0.5, 0.6) is 0 Å². The number of hydrogen-bond donors (Lipinski definition) is 0. The lowest BCUT2D eigenvalue weighted by atomic mass is 10.2. The molecule has 0 spiro atoms. The Morgan fingerprint density at radius 3 is 1.23 bits per heavy atom. The van der Waals surface area contributed by atoms with Gasteiger partial charge in [0.05, 0.1) is 0 Å². The van der Waals surface area contributed by atoms with Gasteiger partial charge in [0.15, 0.2) is 0 Å². The van der Waals surface area contributed by atoms with Gasteiger partial charge < -0.3 is 13.3 Å². The molecule has 0 amide bonds. The number of halogens is 1. The highest BCUT2D eigenvalue weighted by molar-refractivity contribution is 6.60. The largest absolute Gasteiger partial charge is 0.500 e. The van der Waals surface area contributed by atoms with Gasteiger partial charge in [-0.3, -0.25) is 0 Å². The van der Waals surface area contributed by atoms with Crippen molar-refractivity contribution in [3.05, 3.63) is 0 Å². The van der Waals surface area contributed by atoms with Gasteiger partial charge in [0.2, 0.25) is 0 Å². The molecule has 0 bridgehead atoms. The molecule has 3 nitrogen and oxygen atoms in total. The van der Waals surface area contributed by atoms with E-state index in [0.717, 1.165) is 51.5 Å². The Balaban J connectivity index is 4.52. The van der Waals surface area contributed by atoms with Gasteiger partial charge in [0.25, 0.3) is 0 Å². The van der Waals surface area contributed by atoms with Crippen LogP contribution in [0, 0.1) is 0 Å². The zero-order chi connectivity index (χ0) is 19.3. The number of unbranched alkanes of at least 4 members (excludes halogenated alkanes) is 9. The van der Waals surface area contributed by atoms with Gasteiger partial charge in [-0.05, 0) is 25.7 Å². The summed E-state index contributed by atoms with van der Waals surface area (Å²) < 4.78 is 19.0. The zero-order valence-electron chi connectivity index (χ0n) is 17.8. The van der Waals surface area contributed by atoms with Crippen molar-refractivity contribution < 1.29 is 13.3 Å². The highest BCUT2D eigenvalue weighted by Gasteiger charge is 2.40. The maximum atomic E-state index is 6.33. The second kappa shape index (κ2) is 20.1. The Morgan fingerprint density at radius 2 is 0.923 bits per heavy atom. The Kier molecular flexibility index (Phi) is 20.4. The Morgan fingerprint density at radius 1 is 0.538 bits per heavy atom. The maximum absolute atomic E-state index is 6.33. The lowest BCUT2D eigenvalue weighted by Gasteiger charge is -2.30. The molecule has 0 saturated heterocycles. The van der Waals surface area contributed by atoms with Crippen molar-refractivity contribution >= 4 is 20.4 Å². The van der Waals surface area contributed by atoms with Crippen molar-refractivity contribution in [3.8, 4) is 0 Å². The summed E-state index contributed by atoms with van der Waals surface area (Å²) in [5.41, 5.74) is 0. The minimum absolute atomic E-state index is 0.645. The molecular formula is C21H45ClO3Si. The van der Waals surface area contributed by atoms with Gasteiger partial charge in [0.1, 0.15) is 0 Å². The fourth-order valence-corrected chi connectivity index (χ4v) is 5.91. The average Bonchev–Trinajstić information content (AvgIpc) is 2.65. The van der Waals surface area contributed by atoms with E-state index in [1.165, 1.54) is 57.8 Å². The van der Waals surface area contributed by atoms with Crippen molar-refractivity contribution in [1.82, 2.24) is 0 Å². The molecule has 0 aromatic heterocycles. The Labute approximate surface area is 169 Å². The van der Waals surface area contributed by atoms with E-state index >= 15 is 0 Å². The smallest absolute Gasteiger partial charge is 0.373 e. The lowest BCUT2D eigenvalue weighted by Crippen LogP contribution is -2.46. The predicted molar refractivity (Wildman–Crippen MR) is 116 cm³/mol. The summed E-state index contributed by atoms with van der Waals surface area (Å²) in [6.07, 6.45) is 15.4. The number of alkyl halides is 1. The summed E-state index contributed by atoms with van der Waals surface area (Å²) in [5.74, 6) is 0.645. The van der Waals surface area contributed by atoms with E-state index in [9.17, 15) is 0 Å². The van der Waals surface area contributed by atoms with Crippen LogP contribution in [0.2, 0.25) is 6.04 Å². The highest BCUT2D eigenvalue weighted by atomic mass is 35.5. The molecule has 0 atom stereocenters. The van der Waals surface area contributed by atoms with Crippen LogP contribution in [-0.2, 0) is 13.3 Å². The molecule has 0 aromatic rings. The molecule has 0 rings (SSSR count). The molecule has 5 heteroatoms. The van der Waals surface area contributed by atoms with E-state index in [-0.39, 0.29) is 0 Å². The molecule has 0 unspecified atom stereocenters. The van der Waals surface area contributed by atoms with Crippen LogP contribution >= 0.6 is 11.6 Å². The fourth-order valence-electron chi connectivity index (χ4n) is 2.89. The second-order valence-electron chi connectivity index (χ2n) is 7.20. The van der Waals surface area contributed by atoms with Gasteiger partial charge >= 0.3 is 8.80 Å². The van der Waals surface area contributed by atoms with Gasteiger partial charge in [-0.2, -0.15) is 0 Å². The standard InChI is InChI=1S/C21H45ClO3Si/c1-4-7-10-13-18-23-26(21-16-17-22,24-19-14-11-8-5-2)25-20-15-12-9-6-3/h4-21H2,1-3H3. The van der Waals surface area contributed by atoms with Crippen LogP contribution in [0.15, 0.2) is 0 Å². The van der Waals surface area contributed by atoms with Crippen molar-refractivity contribution in [2.45, 2.75) is 110 Å². The predicted octanol–water partition coefficient (Wildman–Crippen LogP) is 7.34. The molecule has 0 aromatic carbocycles. The first-order valence-corrected chi connectivity index (χ1v) is 13.7. The lowest BCUT2D eigenvalue weighted by molar-refractivity contribution is 0.0552. The van der Waals surface area contributed by atoms with E-state index in [0.29, 0.717) is 5.88 Å². The summed E-state index contributed by atoms with van der Waals surface area (Å²) >= 11 is 5.97. The fraction of sp³-hybridized carbons (Fsp3) is 1.00. The normalized spacial score (nSPS) is 12.0. The van der Waals surface area contributed by atoms with E-state index < -0.39 is 8.80 Å². The molecule has 26 heavy (non-hydrogen) atoms. The molecule has 0 heterocycles. The quantitative estimate of drug-likeness (QED) is 0.113. The summed E-state index contributed by atoms with van der Waals surface area (Å²) in [6, 6.07) is 0.853. The Bertz CT molecular complexity index is 244. The SMILES string of the molecule is CCCCCCO[Si](CCCCl)(OCCCCCC)OCCCCCC. The number of hydrogen-bond acceptors (Lipinski definition) is 3. The molecule has 0 aliphatic heterocycles. The summed E-state index contributed by atoms with van der Waals surface area (Å²) in [5, 5.41) is 0. The minimum atomic E-state index is -2.58. The van der Waals surface area contributed by atoms with Crippen LogP contribution in [0.25, 0.3) is 0 Å². The van der Waals surface area contributed by atoms with Crippen LogP contribution in [0.1, 0.15) is 104 Å². The van der Waals surface area contributed by atoms with E-state index in [4.69, 9.17) is 24.9 Å². The van der Waals surface area contributed by atoms with Crippen LogP contribution in [-0.4, -0.2) is 34.5 Å². The molecule has 0 fully saturated rings. The molecular weight excluding hydrogens is 364 g/mol. The van der Waals surface area contributed by atoms with E-state index in [2.05, 4.69) is 20.8 Å². The minimum Gasteiger partial charge on any atom is -0.373 e. The molecule has 0 aliphatic carbocycles. The molecule has 158 valence electrons. The third-order valence-corrected chi connectivity index (χ3v) is 7.74. The van der Waals surface area contributed by atoms with Gasteiger partial charge in [-0.1, -0.05) is 78.6 Å². The van der Waals surface area contributed by atoms with Crippen LogP contribution < -0.4 is 0 Å². The Hall–Kier alpha value is 0.387. The third-order valence-electron chi connectivity index (χ3n) is 4.58. The van der Waals surface area contributed by atoms with E-state index in [1.807, 2.05) is 0 Å². The maximum Gasteiger partial charge on any atom is 0.500 e. The second-order valence-corrected chi connectivity index (χ2v) is 10.3. The van der Waals surface area contributed by atoms with Gasteiger partial charge in [-0.25, -0.2) is 0 Å². The molecule has 0 aliphatic rings. The van der Waals surface area contributed by atoms with Gasteiger partial charge in [0, 0.05) is 31.7 Å². The molecule has 0 radical (unpaired) electrons. The first-order chi connectivity index (χ1) is 12.7. The topological polar surface area (TPSA) is 27.7 Å². The molecule has 0 saturated carbocycles. The van der Waals surface area contributed by atoms with Crippen LogP contribution in [0.3, 0.4) is 0 Å². The van der Waals surface area contributed by atoms with Crippen LogP contribution in [0.4, 0.5) is 0 Å². The summed E-state index contributed by atoms with van der Waals surface area (Å²) in [4.78, 5) is 0. The van der Waals surface area contributed by atoms with Gasteiger partial charge in [-0.15, -0.1) is 11.6 Å². The first kappa shape index (κ1) is 26.4. The number of rotatable bonds is 21. The van der Waals surface area contributed by atoms with Crippen molar-refractivity contribution in [2.75, 3.05) is 25.7 Å². The van der Waals surface area contributed by atoms with Crippen molar-refractivity contribution in [3.63, 3.8) is 0 Å². The zero-order valence-corrected chi connectivity index (χ0v) is 19.6. The summed E-state index contributed by atoms with van der Waals surface area (Å²) in [7, 11) is -2.58. The summed E-state index contributed by atoms with van der Waals surface area (Å²) in [6.45, 7) is 8.99. The first-order valence-electron chi connectivity index (χ1n) is 11.2. The third kappa shape index (κ3) is 15.4. The van der Waals surface area contributed by atoms with Crippen molar-refractivity contribution in [2.24, 2.45) is 0 Å².